The Morgan fingerprint density at radius 3 is 2.26 bits per heavy atom. The fourth-order valence-corrected chi connectivity index (χ4v) is 3.99. The molecule has 3 aromatic carbocycles. The van der Waals surface area contributed by atoms with E-state index in [4.69, 9.17) is 11.6 Å². The Morgan fingerprint density at radius 1 is 0.815 bits per heavy atom. The first-order valence-electron chi connectivity index (χ1n) is 8.45. The lowest BCUT2D eigenvalue weighted by Gasteiger charge is -2.09. The fourth-order valence-electron chi connectivity index (χ4n) is 2.89. The van der Waals surface area contributed by atoms with Crippen molar-refractivity contribution < 1.29 is 4.79 Å². The van der Waals surface area contributed by atoms with Gasteiger partial charge in [-0.2, -0.15) is 0 Å². The second kappa shape index (κ2) is 7.91. The number of hydrogen-bond donors (Lipinski definition) is 0. The van der Waals surface area contributed by atoms with Crippen molar-refractivity contribution in [3.63, 3.8) is 0 Å². The van der Waals surface area contributed by atoms with Crippen LogP contribution in [-0.4, -0.2) is 21.7 Å². The van der Waals surface area contributed by atoms with Crippen LogP contribution in [0.3, 0.4) is 0 Å². The maximum Gasteiger partial charge on any atom is 0.174 e. The number of ketones is 1. The number of benzene rings is 3. The maximum atomic E-state index is 12.5. The molecule has 0 fully saturated rings. The van der Waals surface area contributed by atoms with Gasteiger partial charge in [-0.25, -0.2) is 0 Å². The van der Waals surface area contributed by atoms with E-state index in [1.807, 2.05) is 66.7 Å². The van der Waals surface area contributed by atoms with E-state index in [-0.39, 0.29) is 11.5 Å². The van der Waals surface area contributed by atoms with Crippen LogP contribution in [0.25, 0.3) is 22.0 Å². The molecule has 1 heterocycles. The molecule has 132 valence electrons. The number of halogens is 1. The molecule has 1 aromatic heterocycles. The molecule has 3 nitrogen and oxygen atoms in total. The van der Waals surface area contributed by atoms with Gasteiger partial charge >= 0.3 is 0 Å². The minimum Gasteiger partial charge on any atom is -0.293 e. The molecule has 0 spiro atoms. The molecule has 0 saturated carbocycles. The number of fused-ring (bicyclic) bond motifs is 1. The number of Topliss-reactive ketones (excluding diaryl/α,β-unsaturated/α-hetero) is 1. The van der Waals surface area contributed by atoms with Crippen molar-refractivity contribution in [2.24, 2.45) is 0 Å². The average molecular weight is 391 g/mol. The van der Waals surface area contributed by atoms with E-state index >= 15 is 0 Å². The van der Waals surface area contributed by atoms with Gasteiger partial charge in [-0.1, -0.05) is 90.1 Å². The zero-order valence-electron chi connectivity index (χ0n) is 14.3. The number of aromatic nitrogens is 2. The number of rotatable bonds is 5. The van der Waals surface area contributed by atoms with Crippen LogP contribution in [0.4, 0.5) is 0 Å². The van der Waals surface area contributed by atoms with Crippen LogP contribution in [-0.2, 0) is 0 Å². The molecule has 0 aliphatic heterocycles. The highest BCUT2D eigenvalue weighted by molar-refractivity contribution is 8.00. The zero-order chi connectivity index (χ0) is 18.6. The quantitative estimate of drug-likeness (QED) is 0.313. The van der Waals surface area contributed by atoms with Crippen LogP contribution >= 0.6 is 23.4 Å². The average Bonchev–Trinajstić information content (AvgIpc) is 2.72. The summed E-state index contributed by atoms with van der Waals surface area (Å²) in [4.78, 5) is 12.5. The summed E-state index contributed by atoms with van der Waals surface area (Å²) >= 11 is 7.51. The monoisotopic (exact) mass is 390 g/mol. The molecule has 5 heteroatoms. The second-order valence-electron chi connectivity index (χ2n) is 5.96. The van der Waals surface area contributed by atoms with Gasteiger partial charge in [0.15, 0.2) is 5.78 Å². The number of hydrogen-bond acceptors (Lipinski definition) is 4. The van der Waals surface area contributed by atoms with Crippen molar-refractivity contribution in [3.8, 4) is 11.3 Å². The Morgan fingerprint density at radius 2 is 1.48 bits per heavy atom. The smallest absolute Gasteiger partial charge is 0.174 e. The van der Waals surface area contributed by atoms with Crippen LogP contribution in [0.15, 0.2) is 83.9 Å². The van der Waals surface area contributed by atoms with Gasteiger partial charge in [-0.05, 0) is 12.1 Å². The highest BCUT2D eigenvalue weighted by atomic mass is 35.5. The molecule has 4 rings (SSSR count). The summed E-state index contributed by atoms with van der Waals surface area (Å²) < 4.78 is 0. The molecular weight excluding hydrogens is 376 g/mol. The van der Waals surface area contributed by atoms with Crippen molar-refractivity contribution in [1.29, 1.82) is 0 Å². The Labute approximate surface area is 166 Å². The number of thioether (sulfide) groups is 1. The maximum absolute atomic E-state index is 12.5. The highest BCUT2D eigenvalue weighted by Gasteiger charge is 2.14. The van der Waals surface area contributed by atoms with E-state index in [2.05, 4.69) is 10.2 Å². The van der Waals surface area contributed by atoms with Gasteiger partial charge in [0.25, 0.3) is 0 Å². The van der Waals surface area contributed by atoms with Crippen molar-refractivity contribution in [1.82, 2.24) is 10.2 Å². The van der Waals surface area contributed by atoms with Gasteiger partial charge in [-0.15, -0.1) is 10.2 Å². The third-order valence-corrected chi connectivity index (χ3v) is 5.53. The Balaban J connectivity index is 1.66. The van der Waals surface area contributed by atoms with E-state index in [0.29, 0.717) is 10.6 Å². The summed E-state index contributed by atoms with van der Waals surface area (Å²) in [7, 11) is 0. The van der Waals surface area contributed by atoms with Crippen LogP contribution in [0, 0.1) is 0 Å². The molecule has 0 unspecified atom stereocenters. The SMILES string of the molecule is O=C(CSc1nnc(-c2ccccc2)c2ccccc12)c1ccccc1Cl. The predicted molar refractivity (Wildman–Crippen MR) is 111 cm³/mol. The Kier molecular flexibility index (Phi) is 5.19. The molecule has 4 aromatic rings. The fraction of sp³-hybridized carbons (Fsp3) is 0.0455. The van der Waals surface area contributed by atoms with Crippen LogP contribution in [0.2, 0.25) is 5.02 Å². The molecule has 0 atom stereocenters. The summed E-state index contributed by atoms with van der Waals surface area (Å²) in [6, 6.07) is 25.1. The van der Waals surface area contributed by atoms with E-state index in [0.717, 1.165) is 27.1 Å². The zero-order valence-corrected chi connectivity index (χ0v) is 15.9. The predicted octanol–water partition coefficient (Wildman–Crippen LogP) is 5.93. The molecule has 0 aliphatic rings. The molecule has 0 bridgehead atoms. The summed E-state index contributed by atoms with van der Waals surface area (Å²) in [5, 5.41) is 12.1. The first-order valence-corrected chi connectivity index (χ1v) is 9.82. The lowest BCUT2D eigenvalue weighted by molar-refractivity contribution is 0.102. The van der Waals surface area contributed by atoms with Crippen LogP contribution < -0.4 is 0 Å². The first kappa shape index (κ1) is 17.7. The van der Waals surface area contributed by atoms with E-state index in [1.54, 1.807) is 12.1 Å². The molecule has 0 N–H and O–H groups in total. The lowest BCUT2D eigenvalue weighted by atomic mass is 10.1. The molecule has 0 amide bonds. The third-order valence-electron chi connectivity index (χ3n) is 4.21. The van der Waals surface area contributed by atoms with Gasteiger partial charge in [0, 0.05) is 21.9 Å². The van der Waals surface area contributed by atoms with E-state index in [9.17, 15) is 4.79 Å². The van der Waals surface area contributed by atoms with Gasteiger partial charge < -0.3 is 0 Å². The molecular formula is C22H15ClN2OS. The topological polar surface area (TPSA) is 42.9 Å². The summed E-state index contributed by atoms with van der Waals surface area (Å²) in [6.45, 7) is 0. The Hall–Kier alpha value is -2.69. The second-order valence-corrected chi connectivity index (χ2v) is 7.33. The normalized spacial score (nSPS) is 10.9. The standard InChI is InChI=1S/C22H15ClN2OS/c23-19-13-7-6-12-18(19)20(26)14-27-22-17-11-5-4-10-16(17)21(24-25-22)15-8-2-1-3-9-15/h1-13H,14H2. The lowest BCUT2D eigenvalue weighted by Crippen LogP contribution is -2.04. The highest BCUT2D eigenvalue weighted by Crippen LogP contribution is 2.32. The van der Waals surface area contributed by atoms with E-state index in [1.165, 1.54) is 11.8 Å². The number of nitrogens with zero attached hydrogens (tertiary/aromatic N) is 2. The van der Waals surface area contributed by atoms with E-state index < -0.39 is 0 Å². The summed E-state index contributed by atoms with van der Waals surface area (Å²) in [6.07, 6.45) is 0. The minimum absolute atomic E-state index is 0.0244. The first-order chi connectivity index (χ1) is 13.2. The van der Waals surface area contributed by atoms with Crippen molar-refractivity contribution in [3.05, 3.63) is 89.4 Å². The van der Waals surface area contributed by atoms with Gasteiger partial charge in [0.1, 0.15) is 10.7 Å². The molecule has 0 saturated heterocycles. The van der Waals surface area contributed by atoms with Crippen molar-refractivity contribution in [2.75, 3.05) is 5.75 Å². The van der Waals surface area contributed by atoms with Crippen LogP contribution in [0.1, 0.15) is 10.4 Å². The summed E-state index contributed by atoms with van der Waals surface area (Å²) in [5.74, 6) is 0.233. The Bertz CT molecular complexity index is 1120. The van der Waals surface area contributed by atoms with Gasteiger partial charge in [-0.3, -0.25) is 4.79 Å². The largest absolute Gasteiger partial charge is 0.293 e. The molecule has 0 aliphatic carbocycles. The molecule has 27 heavy (non-hydrogen) atoms. The molecule has 0 radical (unpaired) electrons. The van der Waals surface area contributed by atoms with Crippen LogP contribution in [0.5, 0.6) is 0 Å². The number of carbonyl (C=O) groups excluding carboxylic acids is 1. The minimum atomic E-state index is -0.0244. The van der Waals surface area contributed by atoms with Crippen molar-refractivity contribution >= 4 is 39.9 Å². The summed E-state index contributed by atoms with van der Waals surface area (Å²) in [5.41, 5.74) is 2.39. The third kappa shape index (κ3) is 3.72. The van der Waals surface area contributed by atoms with Crippen molar-refractivity contribution in [2.45, 2.75) is 5.03 Å². The van der Waals surface area contributed by atoms with Gasteiger partial charge in [0.05, 0.1) is 10.8 Å². The van der Waals surface area contributed by atoms with Gasteiger partial charge in [0.2, 0.25) is 0 Å². The number of carbonyl (C=O) groups is 1.